The molecular weight excluding hydrogens is 528 g/mol. The summed E-state index contributed by atoms with van der Waals surface area (Å²) >= 11 is 0. The van der Waals surface area contributed by atoms with Gasteiger partial charge in [-0.1, -0.05) is 28.7 Å². The van der Waals surface area contributed by atoms with Crippen LogP contribution in [0.15, 0.2) is 48.5 Å². The van der Waals surface area contributed by atoms with Crippen molar-refractivity contribution in [2.75, 3.05) is 13.2 Å². The second kappa shape index (κ2) is 16.5. The number of rotatable bonds is 14. The number of hydrogen-bond acceptors (Lipinski definition) is 7. The predicted molar refractivity (Wildman–Crippen MR) is 163 cm³/mol. The fraction of sp³-hybridized carbons (Fsp3) is 0.533. The predicted octanol–water partition coefficient (Wildman–Crippen LogP) is 7.86. The number of carbonyl (C=O) groups is 2. The highest BCUT2D eigenvalue weighted by molar-refractivity contribution is 6.84. The van der Waals surface area contributed by atoms with Crippen LogP contribution in [0.5, 0.6) is 11.5 Å². The number of benzene rings is 2. The lowest BCUT2D eigenvalue weighted by Crippen LogP contribution is -2.46. The van der Waals surface area contributed by atoms with Crippen LogP contribution in [0.1, 0.15) is 62.3 Å². The highest BCUT2D eigenvalue weighted by Gasteiger charge is 2.35. The Labute approximate surface area is 237 Å². The van der Waals surface area contributed by atoms with E-state index in [-0.39, 0.29) is 38.3 Å². The Kier molecular flexibility index (Phi) is 15.4. The third-order valence-electron chi connectivity index (χ3n) is 6.13. The average molecular weight is 579 g/mol. The van der Waals surface area contributed by atoms with E-state index in [4.69, 9.17) is 13.6 Å². The van der Waals surface area contributed by atoms with Gasteiger partial charge in [0.1, 0.15) is 11.5 Å². The topological polar surface area (TPSA) is 102 Å². The fourth-order valence-electron chi connectivity index (χ4n) is 4.78. The van der Waals surface area contributed by atoms with Gasteiger partial charge in [0.15, 0.2) is 16.6 Å². The first-order valence-electron chi connectivity index (χ1n) is 12.9. The maximum Gasteiger partial charge on any atom is 0.338 e. The molecule has 7 nitrogen and oxygen atoms in total. The van der Waals surface area contributed by atoms with Crippen molar-refractivity contribution in [2.45, 2.75) is 79.8 Å². The highest BCUT2D eigenvalue weighted by atomic mass is 28.4. The summed E-state index contributed by atoms with van der Waals surface area (Å²) in [6.45, 7) is 14.1. The Morgan fingerprint density at radius 2 is 0.974 bits per heavy atom. The molecular formula is C30H50O7Si2. The van der Waals surface area contributed by atoms with Crippen LogP contribution in [-0.4, -0.2) is 52.0 Å². The third kappa shape index (κ3) is 13.8. The third-order valence-corrected chi connectivity index (χ3v) is 13.9. The molecule has 220 valence electrons. The molecule has 0 aliphatic heterocycles. The van der Waals surface area contributed by atoms with Gasteiger partial charge in [-0.2, -0.15) is 0 Å². The number of aromatic hydroxyl groups is 2. The van der Waals surface area contributed by atoms with Crippen molar-refractivity contribution < 1.29 is 33.4 Å². The van der Waals surface area contributed by atoms with Crippen molar-refractivity contribution in [3.63, 3.8) is 0 Å². The van der Waals surface area contributed by atoms with Gasteiger partial charge in [-0.15, -0.1) is 0 Å². The minimum atomic E-state index is -1.93. The van der Waals surface area contributed by atoms with Crippen molar-refractivity contribution >= 4 is 28.6 Å². The van der Waals surface area contributed by atoms with Crippen molar-refractivity contribution in [1.29, 1.82) is 0 Å². The molecule has 0 aliphatic carbocycles. The molecule has 0 radical (unpaired) electrons. The van der Waals surface area contributed by atoms with Gasteiger partial charge >= 0.3 is 11.9 Å². The zero-order chi connectivity index (χ0) is 27.6. The first kappa shape index (κ1) is 36.4. The summed E-state index contributed by atoms with van der Waals surface area (Å²) in [4.78, 5) is 24.3. The number of hydrogen-bond donors (Lipinski definition) is 2. The largest absolute Gasteiger partial charge is 0.508 e. The summed E-state index contributed by atoms with van der Waals surface area (Å²) in [7, 11) is -3.85. The first-order chi connectivity index (χ1) is 17.3. The number of phenols is 2. The normalized spacial score (nSPS) is 12.9. The Balaban J connectivity index is 0.00000722. The summed E-state index contributed by atoms with van der Waals surface area (Å²) in [5.74, 6) is 0.221. The molecule has 39 heavy (non-hydrogen) atoms. The molecule has 0 aromatic heterocycles. The molecule has 0 aliphatic rings. The molecule has 2 atom stereocenters. The number of carbonyl (C=O) groups excluding carboxylic acids is 2. The van der Waals surface area contributed by atoms with Crippen molar-refractivity contribution in [3.05, 3.63) is 59.7 Å². The van der Waals surface area contributed by atoms with Gasteiger partial charge < -0.3 is 23.8 Å². The molecule has 0 spiro atoms. The molecule has 2 aromatic carbocycles. The molecule has 0 fully saturated rings. The van der Waals surface area contributed by atoms with Crippen LogP contribution < -0.4 is 0 Å². The van der Waals surface area contributed by atoms with Gasteiger partial charge in [0.25, 0.3) is 0 Å². The minimum absolute atomic E-state index is 0. The first-order valence-corrected chi connectivity index (χ1v) is 19.1. The van der Waals surface area contributed by atoms with E-state index in [0.717, 1.165) is 24.9 Å². The Morgan fingerprint density at radius 1 is 0.667 bits per heavy atom. The van der Waals surface area contributed by atoms with Crippen LogP contribution in [0.25, 0.3) is 0 Å². The van der Waals surface area contributed by atoms with E-state index in [1.165, 1.54) is 24.3 Å². The molecule has 2 N–H and O–H groups in total. The zero-order valence-corrected chi connectivity index (χ0v) is 25.0. The van der Waals surface area contributed by atoms with Crippen molar-refractivity contribution in [3.8, 4) is 11.5 Å². The quantitative estimate of drug-likeness (QED) is 0.174. The number of phenolic OH excluding ortho intramolecular Hbond substituents is 2. The van der Waals surface area contributed by atoms with Gasteiger partial charge in [-0.25, -0.2) is 9.59 Å². The van der Waals surface area contributed by atoms with Crippen molar-refractivity contribution in [2.24, 2.45) is 11.8 Å². The summed E-state index contributed by atoms with van der Waals surface area (Å²) in [5, 5.41) is 18.7. The molecule has 0 bridgehead atoms. The standard InChI is InChI=1S/C28H42O7Si2.2CH4/c1-21(15-17-33-27(31)23-7-11-25(29)12-8-23)19-36(3,4)35-37(5,6)20-22(2)16-18-34-28(32)24-9-13-26(30)14-10-24;;/h7-14,21-22,29-30H,15-20H2,1-6H3;2*1H4. The second-order valence-electron chi connectivity index (χ2n) is 11.2. The van der Waals surface area contributed by atoms with Gasteiger partial charge in [0, 0.05) is 0 Å². The van der Waals surface area contributed by atoms with Crippen LogP contribution >= 0.6 is 0 Å². The summed E-state index contributed by atoms with van der Waals surface area (Å²) in [6.07, 6.45) is 1.54. The molecule has 2 unspecified atom stereocenters. The summed E-state index contributed by atoms with van der Waals surface area (Å²) in [5.41, 5.74) is 0.862. The Morgan fingerprint density at radius 3 is 1.28 bits per heavy atom. The van der Waals surface area contributed by atoms with Crippen molar-refractivity contribution in [1.82, 2.24) is 0 Å². The number of esters is 2. The Hall–Kier alpha value is -2.63. The van der Waals surface area contributed by atoms with Crippen LogP contribution in [-0.2, 0) is 13.6 Å². The average Bonchev–Trinajstić information content (AvgIpc) is 2.78. The van der Waals surface area contributed by atoms with Crippen LogP contribution in [0, 0.1) is 11.8 Å². The molecule has 0 saturated heterocycles. The van der Waals surface area contributed by atoms with E-state index in [9.17, 15) is 19.8 Å². The SMILES string of the molecule is C.C.CC(CCOC(=O)c1ccc(O)cc1)C[Si](C)(C)O[Si](C)(C)CC(C)CCOC(=O)c1ccc(O)cc1. The van der Waals surface area contributed by atoms with E-state index < -0.39 is 16.6 Å². The highest BCUT2D eigenvalue weighted by Crippen LogP contribution is 2.29. The van der Waals surface area contributed by atoms with E-state index in [0.29, 0.717) is 36.2 Å². The van der Waals surface area contributed by atoms with Gasteiger partial charge in [-0.05, 0) is 111 Å². The smallest absolute Gasteiger partial charge is 0.338 e. The summed E-state index contributed by atoms with van der Waals surface area (Å²) in [6, 6.07) is 14.1. The number of ether oxygens (including phenoxy) is 2. The lowest BCUT2D eigenvalue weighted by atomic mass is 10.1. The van der Waals surface area contributed by atoms with E-state index in [2.05, 4.69) is 40.0 Å². The second-order valence-corrected chi connectivity index (χ2v) is 19.9. The Bertz CT molecular complexity index is 923. The van der Waals surface area contributed by atoms with Crippen LogP contribution in [0.4, 0.5) is 0 Å². The van der Waals surface area contributed by atoms with Crippen LogP contribution in [0.2, 0.25) is 38.3 Å². The van der Waals surface area contributed by atoms with Gasteiger partial charge in [0.2, 0.25) is 0 Å². The van der Waals surface area contributed by atoms with E-state index in [1.54, 1.807) is 24.3 Å². The van der Waals surface area contributed by atoms with Gasteiger partial charge in [-0.3, -0.25) is 0 Å². The summed E-state index contributed by atoms with van der Waals surface area (Å²) < 4.78 is 17.6. The molecule has 2 rings (SSSR count). The monoisotopic (exact) mass is 578 g/mol. The lowest BCUT2D eigenvalue weighted by molar-refractivity contribution is 0.0478. The van der Waals surface area contributed by atoms with Crippen LogP contribution in [0.3, 0.4) is 0 Å². The minimum Gasteiger partial charge on any atom is -0.508 e. The van der Waals surface area contributed by atoms with Gasteiger partial charge in [0.05, 0.1) is 24.3 Å². The molecule has 9 heteroatoms. The molecule has 2 aromatic rings. The molecule has 0 saturated carbocycles. The maximum absolute atomic E-state index is 12.2. The fourth-order valence-corrected chi connectivity index (χ4v) is 15.2. The zero-order valence-electron chi connectivity index (χ0n) is 23.0. The van der Waals surface area contributed by atoms with E-state index >= 15 is 0 Å². The maximum atomic E-state index is 12.2. The molecule has 0 amide bonds. The lowest BCUT2D eigenvalue weighted by Gasteiger charge is -2.37. The molecule has 0 heterocycles. The van der Waals surface area contributed by atoms with E-state index in [1.807, 2.05) is 0 Å².